The van der Waals surface area contributed by atoms with E-state index in [-0.39, 0.29) is 5.78 Å². The lowest BCUT2D eigenvalue weighted by atomic mass is 10.0. The van der Waals surface area contributed by atoms with Crippen LogP contribution < -0.4 is 10.5 Å². The van der Waals surface area contributed by atoms with E-state index in [1.54, 1.807) is 12.1 Å². The fourth-order valence-electron chi connectivity index (χ4n) is 2.92. The van der Waals surface area contributed by atoms with E-state index in [0.717, 1.165) is 25.8 Å². The third kappa shape index (κ3) is 5.40. The number of unbranched alkanes of at least 4 members (excludes halogenated alkanes) is 2. The molecule has 1 radical (unpaired) electrons. The van der Waals surface area contributed by atoms with Crippen LogP contribution in [0.3, 0.4) is 0 Å². The van der Waals surface area contributed by atoms with E-state index in [1.807, 2.05) is 0 Å². The largest absolute Gasteiger partial charge is 0.496 e. The van der Waals surface area contributed by atoms with Crippen LogP contribution in [0.5, 0.6) is 5.75 Å². The van der Waals surface area contributed by atoms with Crippen LogP contribution >= 0.6 is 11.6 Å². The normalized spacial score (nSPS) is 15.6. The van der Waals surface area contributed by atoms with Crippen LogP contribution in [0.2, 0.25) is 5.02 Å². The van der Waals surface area contributed by atoms with Gasteiger partial charge < -0.3 is 15.4 Å². The van der Waals surface area contributed by atoms with Crippen LogP contribution in [0.15, 0.2) is 12.1 Å². The Labute approximate surface area is 143 Å². The quantitative estimate of drug-likeness (QED) is 0.443. The molecule has 127 valence electrons. The second-order valence-electron chi connectivity index (χ2n) is 6.02. The molecule has 1 aromatic carbocycles. The van der Waals surface area contributed by atoms with Crippen LogP contribution in [-0.2, 0) is 0 Å². The van der Waals surface area contributed by atoms with E-state index < -0.39 is 0 Å². The Morgan fingerprint density at radius 3 is 2.70 bits per heavy atom. The molecule has 0 unspecified atom stereocenters. The molecule has 4 nitrogen and oxygen atoms in total. The number of hydrogen-bond donors (Lipinski definition) is 1. The number of benzene rings is 1. The van der Waals surface area contributed by atoms with Gasteiger partial charge in [0.05, 0.1) is 23.4 Å². The van der Waals surface area contributed by atoms with E-state index in [4.69, 9.17) is 22.1 Å². The number of likely N-dealkylation sites (tertiary alicyclic amines) is 1. The van der Waals surface area contributed by atoms with Crippen molar-refractivity contribution in [1.82, 2.24) is 4.90 Å². The third-order valence-corrected chi connectivity index (χ3v) is 4.62. The van der Waals surface area contributed by atoms with Crippen molar-refractivity contribution in [3.05, 3.63) is 29.1 Å². The van der Waals surface area contributed by atoms with Gasteiger partial charge in [-0.3, -0.25) is 4.79 Å². The zero-order valence-corrected chi connectivity index (χ0v) is 14.6. The lowest BCUT2D eigenvalue weighted by Crippen LogP contribution is -2.30. The minimum Gasteiger partial charge on any atom is -0.496 e. The first-order valence-corrected chi connectivity index (χ1v) is 8.70. The maximum Gasteiger partial charge on any atom is 0.166 e. The van der Waals surface area contributed by atoms with Gasteiger partial charge in [-0.1, -0.05) is 18.0 Å². The minimum absolute atomic E-state index is 0.0660. The molecule has 1 heterocycles. The number of Topliss-reactive ketones (excluding diaryl/α,β-unsaturated/α-hetero) is 1. The fraction of sp³-hybridized carbons (Fsp3) is 0.556. The van der Waals surface area contributed by atoms with Gasteiger partial charge in [-0.25, -0.2) is 0 Å². The Bertz CT molecular complexity index is 528. The van der Waals surface area contributed by atoms with E-state index in [1.165, 1.54) is 33.0 Å². The molecule has 0 amide bonds. The average molecular weight is 338 g/mol. The number of hydrogen-bond acceptors (Lipinski definition) is 4. The number of anilines is 1. The SMILES string of the molecule is COc1cc(N)c(Cl)cc1C(=O)CCCCCN1CC[CH]CC1. The number of nitrogen functional groups attached to an aromatic ring is 1. The summed E-state index contributed by atoms with van der Waals surface area (Å²) in [5.41, 5.74) is 6.70. The van der Waals surface area contributed by atoms with E-state index >= 15 is 0 Å². The molecule has 2 rings (SSSR count). The highest BCUT2D eigenvalue weighted by Crippen LogP contribution is 2.30. The maximum absolute atomic E-state index is 12.4. The van der Waals surface area contributed by atoms with Crippen molar-refractivity contribution in [3.8, 4) is 5.75 Å². The molecular weight excluding hydrogens is 312 g/mol. The van der Waals surface area contributed by atoms with Crippen LogP contribution in [0.1, 0.15) is 48.9 Å². The number of carbonyl (C=O) groups is 1. The zero-order chi connectivity index (χ0) is 16.7. The fourth-order valence-corrected chi connectivity index (χ4v) is 3.08. The van der Waals surface area contributed by atoms with Crippen LogP contribution in [0.4, 0.5) is 5.69 Å². The standard InChI is InChI=1S/C18H26ClN2O2/c1-23-18-13-16(20)15(19)12-14(18)17(22)8-4-2-5-9-21-10-6-3-7-11-21/h3,12-13H,2,4-11,20H2,1H3. The Morgan fingerprint density at radius 2 is 2.00 bits per heavy atom. The molecule has 2 N–H and O–H groups in total. The molecule has 0 aromatic heterocycles. The first kappa shape index (κ1) is 18.1. The lowest BCUT2D eigenvalue weighted by molar-refractivity contribution is 0.0975. The van der Waals surface area contributed by atoms with Crippen molar-refractivity contribution < 1.29 is 9.53 Å². The molecule has 1 aliphatic rings. The Kier molecular flexibility index (Phi) is 7.18. The average Bonchev–Trinajstić information content (AvgIpc) is 2.57. The number of halogens is 1. The molecule has 0 spiro atoms. The number of carbonyl (C=O) groups excluding carboxylic acids is 1. The molecule has 0 aliphatic carbocycles. The predicted octanol–water partition coefficient (Wildman–Crippen LogP) is 3.97. The number of methoxy groups -OCH3 is 1. The van der Waals surface area contributed by atoms with Gasteiger partial charge in [0.15, 0.2) is 5.78 Å². The van der Waals surface area contributed by atoms with Crippen molar-refractivity contribution >= 4 is 23.1 Å². The second-order valence-corrected chi connectivity index (χ2v) is 6.42. The number of ketones is 1. The van der Waals surface area contributed by atoms with Crippen LogP contribution in [0.25, 0.3) is 0 Å². The van der Waals surface area contributed by atoms with Gasteiger partial charge in [0.25, 0.3) is 0 Å². The van der Waals surface area contributed by atoms with Crippen LogP contribution in [-0.4, -0.2) is 37.4 Å². The summed E-state index contributed by atoms with van der Waals surface area (Å²) >= 11 is 6.02. The highest BCUT2D eigenvalue weighted by molar-refractivity contribution is 6.33. The van der Waals surface area contributed by atoms with Crippen molar-refractivity contribution in [2.45, 2.75) is 38.5 Å². The molecule has 1 aliphatic heterocycles. The molecule has 1 aromatic rings. The van der Waals surface area contributed by atoms with Gasteiger partial charge in [-0.15, -0.1) is 0 Å². The molecule has 0 saturated carbocycles. The third-order valence-electron chi connectivity index (χ3n) is 4.30. The number of ether oxygens (including phenoxy) is 1. The predicted molar refractivity (Wildman–Crippen MR) is 95.2 cm³/mol. The summed E-state index contributed by atoms with van der Waals surface area (Å²) in [7, 11) is 1.54. The molecule has 23 heavy (non-hydrogen) atoms. The summed E-state index contributed by atoms with van der Waals surface area (Å²) in [6, 6.07) is 3.23. The molecule has 5 heteroatoms. The minimum atomic E-state index is 0.0660. The monoisotopic (exact) mass is 337 g/mol. The van der Waals surface area contributed by atoms with Gasteiger partial charge in [0.1, 0.15) is 5.75 Å². The van der Waals surface area contributed by atoms with Crippen molar-refractivity contribution in [2.24, 2.45) is 0 Å². The summed E-state index contributed by atoms with van der Waals surface area (Å²) < 4.78 is 5.24. The van der Waals surface area contributed by atoms with Gasteiger partial charge >= 0.3 is 0 Å². The number of nitrogens with zero attached hydrogens (tertiary/aromatic N) is 1. The first-order chi connectivity index (χ1) is 11.1. The zero-order valence-electron chi connectivity index (χ0n) is 13.8. The Morgan fingerprint density at radius 1 is 1.26 bits per heavy atom. The van der Waals surface area contributed by atoms with Crippen LogP contribution in [0, 0.1) is 6.42 Å². The number of nitrogens with two attached hydrogens (primary N) is 1. The highest BCUT2D eigenvalue weighted by atomic mass is 35.5. The van der Waals surface area contributed by atoms with E-state index in [9.17, 15) is 4.79 Å². The van der Waals surface area contributed by atoms with Gasteiger partial charge in [0.2, 0.25) is 0 Å². The first-order valence-electron chi connectivity index (χ1n) is 8.32. The van der Waals surface area contributed by atoms with Gasteiger partial charge in [0, 0.05) is 12.5 Å². The number of rotatable bonds is 8. The van der Waals surface area contributed by atoms with Gasteiger partial charge in [-0.05, 0) is 57.8 Å². The molecular formula is C18H26ClN2O2. The van der Waals surface area contributed by atoms with Crippen molar-refractivity contribution in [1.29, 1.82) is 0 Å². The van der Waals surface area contributed by atoms with Crippen molar-refractivity contribution in [2.75, 3.05) is 32.5 Å². The topological polar surface area (TPSA) is 55.6 Å². The smallest absolute Gasteiger partial charge is 0.166 e. The number of piperidine rings is 1. The highest BCUT2D eigenvalue weighted by Gasteiger charge is 2.15. The lowest BCUT2D eigenvalue weighted by Gasteiger charge is -2.26. The summed E-state index contributed by atoms with van der Waals surface area (Å²) in [4.78, 5) is 14.9. The molecule has 1 saturated heterocycles. The summed E-state index contributed by atoms with van der Waals surface area (Å²) in [6.07, 6.45) is 8.39. The maximum atomic E-state index is 12.4. The van der Waals surface area contributed by atoms with Crippen molar-refractivity contribution in [3.63, 3.8) is 0 Å². The summed E-state index contributed by atoms with van der Waals surface area (Å²) in [5.74, 6) is 0.567. The Balaban J connectivity index is 1.75. The molecule has 0 atom stereocenters. The molecule has 0 bridgehead atoms. The van der Waals surface area contributed by atoms with E-state index in [0.29, 0.717) is 28.4 Å². The Hall–Kier alpha value is -1.26. The summed E-state index contributed by atoms with van der Waals surface area (Å²) in [6.45, 7) is 3.50. The second kappa shape index (κ2) is 9.14. The van der Waals surface area contributed by atoms with Gasteiger partial charge in [-0.2, -0.15) is 0 Å². The van der Waals surface area contributed by atoms with E-state index in [2.05, 4.69) is 11.3 Å². The molecule has 1 fully saturated rings. The summed E-state index contributed by atoms with van der Waals surface area (Å²) in [5, 5.41) is 0.399.